The van der Waals surface area contributed by atoms with Crippen LogP contribution >= 0.6 is 0 Å². The summed E-state index contributed by atoms with van der Waals surface area (Å²) in [6, 6.07) is 11.1. The average molecular weight is 380 g/mol. The van der Waals surface area contributed by atoms with Gasteiger partial charge in [0.1, 0.15) is 23.1 Å². The Kier molecular flexibility index (Phi) is 5.88. The molecular weight excluding hydrogens is 356 g/mol. The van der Waals surface area contributed by atoms with Gasteiger partial charge in [0.2, 0.25) is 0 Å². The summed E-state index contributed by atoms with van der Waals surface area (Å²) in [6.45, 7) is 9.63. The molecule has 3 rings (SSSR count). The first-order valence-corrected chi connectivity index (χ1v) is 9.21. The Bertz CT molecular complexity index is 948. The van der Waals surface area contributed by atoms with Crippen molar-refractivity contribution in [1.29, 1.82) is 0 Å². The minimum atomic E-state index is -0.305. The summed E-state index contributed by atoms with van der Waals surface area (Å²) in [5.74, 6) is 1.85. The Morgan fingerprint density at radius 1 is 1.04 bits per heavy atom. The smallest absolute Gasteiger partial charge is 0.274 e. The van der Waals surface area contributed by atoms with Gasteiger partial charge in [-0.1, -0.05) is 5.16 Å². The van der Waals surface area contributed by atoms with Crippen LogP contribution in [0, 0.1) is 13.8 Å². The number of anilines is 4. The molecule has 0 bridgehead atoms. The van der Waals surface area contributed by atoms with E-state index >= 15 is 0 Å². The maximum absolute atomic E-state index is 12.6. The highest BCUT2D eigenvalue weighted by Gasteiger charge is 2.12. The largest absolute Gasteiger partial charge is 0.372 e. The van der Waals surface area contributed by atoms with Crippen LogP contribution in [0.4, 0.5) is 23.0 Å². The van der Waals surface area contributed by atoms with Crippen molar-refractivity contribution in [1.82, 2.24) is 15.1 Å². The number of nitrogens with zero attached hydrogens (tertiary/aromatic N) is 4. The molecule has 2 aromatic heterocycles. The number of aryl methyl sites for hydroxylation is 2. The molecule has 0 atom stereocenters. The van der Waals surface area contributed by atoms with Crippen LogP contribution in [-0.2, 0) is 0 Å². The molecule has 8 nitrogen and oxygen atoms in total. The third-order valence-electron chi connectivity index (χ3n) is 4.21. The first-order chi connectivity index (χ1) is 13.5. The molecule has 2 N–H and O–H groups in total. The number of nitrogens with one attached hydrogen (secondary N) is 2. The highest BCUT2D eigenvalue weighted by atomic mass is 16.5. The van der Waals surface area contributed by atoms with E-state index < -0.39 is 0 Å². The van der Waals surface area contributed by atoms with Crippen molar-refractivity contribution < 1.29 is 9.32 Å². The standard InChI is InChI=1S/C20H24N6O2/c1-5-26(6-2)16-9-7-15(8-10-16)23-20(27)17-12-18(22-14(4)21-17)24-19-11-13(3)28-25-19/h7-12H,5-6H2,1-4H3,(H,23,27)(H,21,22,24,25). The van der Waals surface area contributed by atoms with Crippen LogP contribution in [0.1, 0.15) is 35.9 Å². The van der Waals surface area contributed by atoms with Crippen molar-refractivity contribution in [3.05, 3.63) is 53.7 Å². The van der Waals surface area contributed by atoms with Gasteiger partial charge in [-0.05, 0) is 52.0 Å². The van der Waals surface area contributed by atoms with Gasteiger partial charge in [0.15, 0.2) is 5.82 Å². The fourth-order valence-electron chi connectivity index (χ4n) is 2.84. The Balaban J connectivity index is 1.73. The van der Waals surface area contributed by atoms with E-state index in [0.29, 0.717) is 28.9 Å². The van der Waals surface area contributed by atoms with E-state index in [1.807, 2.05) is 24.3 Å². The fraction of sp³-hybridized carbons (Fsp3) is 0.300. The van der Waals surface area contributed by atoms with Crippen molar-refractivity contribution >= 4 is 28.9 Å². The summed E-state index contributed by atoms with van der Waals surface area (Å²) in [6.07, 6.45) is 0. The van der Waals surface area contributed by atoms with Crippen LogP contribution < -0.4 is 15.5 Å². The Labute approximate surface area is 164 Å². The SMILES string of the molecule is CCN(CC)c1ccc(NC(=O)c2cc(Nc3cc(C)on3)nc(C)n2)cc1. The molecule has 0 spiro atoms. The number of amides is 1. The minimum Gasteiger partial charge on any atom is -0.372 e. The lowest BCUT2D eigenvalue weighted by atomic mass is 10.2. The molecule has 3 aromatic rings. The topological polar surface area (TPSA) is 96.2 Å². The third kappa shape index (κ3) is 4.64. The lowest BCUT2D eigenvalue weighted by Gasteiger charge is -2.21. The Morgan fingerprint density at radius 3 is 2.36 bits per heavy atom. The Hall–Kier alpha value is -3.42. The van der Waals surface area contributed by atoms with Crippen molar-refractivity contribution in [2.45, 2.75) is 27.7 Å². The van der Waals surface area contributed by atoms with E-state index in [0.717, 1.165) is 18.8 Å². The van der Waals surface area contributed by atoms with Crippen molar-refractivity contribution in [3.63, 3.8) is 0 Å². The molecule has 1 amide bonds. The second kappa shape index (κ2) is 8.51. The highest BCUT2D eigenvalue weighted by molar-refractivity contribution is 6.03. The highest BCUT2D eigenvalue weighted by Crippen LogP contribution is 2.19. The quantitative estimate of drug-likeness (QED) is 0.641. The van der Waals surface area contributed by atoms with Crippen LogP contribution in [0.5, 0.6) is 0 Å². The summed E-state index contributed by atoms with van der Waals surface area (Å²) in [5, 5.41) is 9.76. The summed E-state index contributed by atoms with van der Waals surface area (Å²) in [7, 11) is 0. The molecule has 28 heavy (non-hydrogen) atoms. The molecule has 146 valence electrons. The summed E-state index contributed by atoms with van der Waals surface area (Å²) < 4.78 is 5.03. The number of hydrogen-bond acceptors (Lipinski definition) is 7. The molecule has 0 radical (unpaired) electrons. The lowest BCUT2D eigenvalue weighted by molar-refractivity contribution is 0.102. The Morgan fingerprint density at radius 2 is 1.75 bits per heavy atom. The summed E-state index contributed by atoms with van der Waals surface area (Å²) in [5.41, 5.74) is 2.09. The number of benzene rings is 1. The van der Waals surface area contributed by atoms with Crippen molar-refractivity contribution in [2.75, 3.05) is 28.6 Å². The number of carbonyl (C=O) groups excluding carboxylic acids is 1. The maximum Gasteiger partial charge on any atom is 0.274 e. The molecule has 2 heterocycles. The van der Waals surface area contributed by atoms with Crippen molar-refractivity contribution in [2.24, 2.45) is 0 Å². The molecule has 0 aliphatic carbocycles. The van der Waals surface area contributed by atoms with Crippen LogP contribution in [0.3, 0.4) is 0 Å². The first kappa shape index (κ1) is 19.3. The predicted molar refractivity (Wildman–Crippen MR) is 109 cm³/mol. The lowest BCUT2D eigenvalue weighted by Crippen LogP contribution is -2.21. The van der Waals surface area contributed by atoms with E-state index in [2.05, 4.69) is 44.5 Å². The van der Waals surface area contributed by atoms with Gasteiger partial charge < -0.3 is 20.1 Å². The molecule has 0 aliphatic rings. The van der Waals surface area contributed by atoms with Gasteiger partial charge in [-0.2, -0.15) is 0 Å². The van der Waals surface area contributed by atoms with E-state index in [1.165, 1.54) is 0 Å². The predicted octanol–water partition coefficient (Wildman–Crippen LogP) is 3.92. The second-order valence-corrected chi connectivity index (χ2v) is 6.31. The van der Waals surface area contributed by atoms with Gasteiger partial charge in [0.25, 0.3) is 5.91 Å². The normalized spacial score (nSPS) is 10.6. The zero-order valence-corrected chi connectivity index (χ0v) is 16.5. The fourth-order valence-corrected chi connectivity index (χ4v) is 2.84. The molecule has 0 fully saturated rings. The van der Waals surface area contributed by atoms with Gasteiger partial charge in [-0.25, -0.2) is 9.97 Å². The van der Waals surface area contributed by atoms with Gasteiger partial charge >= 0.3 is 0 Å². The zero-order chi connectivity index (χ0) is 20.1. The number of rotatable bonds is 7. The van der Waals surface area contributed by atoms with Gasteiger partial charge in [0.05, 0.1) is 0 Å². The maximum atomic E-state index is 12.6. The summed E-state index contributed by atoms with van der Waals surface area (Å²) >= 11 is 0. The minimum absolute atomic E-state index is 0.267. The number of aromatic nitrogens is 3. The number of carbonyl (C=O) groups is 1. The third-order valence-corrected chi connectivity index (χ3v) is 4.21. The average Bonchev–Trinajstić information content (AvgIpc) is 3.08. The monoisotopic (exact) mass is 380 g/mol. The molecule has 8 heteroatoms. The number of hydrogen-bond donors (Lipinski definition) is 2. The van der Waals surface area contributed by atoms with Gasteiger partial charge in [-0.3, -0.25) is 4.79 Å². The molecule has 0 saturated heterocycles. The van der Waals surface area contributed by atoms with E-state index in [4.69, 9.17) is 4.52 Å². The van der Waals surface area contributed by atoms with E-state index in [1.54, 1.807) is 26.0 Å². The molecule has 0 unspecified atom stereocenters. The second-order valence-electron chi connectivity index (χ2n) is 6.31. The molecule has 0 saturated carbocycles. The van der Waals surface area contributed by atoms with Crippen LogP contribution in [-0.4, -0.2) is 34.1 Å². The molecule has 1 aromatic carbocycles. The van der Waals surface area contributed by atoms with Crippen LogP contribution in [0.25, 0.3) is 0 Å². The van der Waals surface area contributed by atoms with Gasteiger partial charge in [-0.15, -0.1) is 0 Å². The van der Waals surface area contributed by atoms with Crippen LogP contribution in [0.2, 0.25) is 0 Å². The van der Waals surface area contributed by atoms with E-state index in [-0.39, 0.29) is 11.6 Å². The van der Waals surface area contributed by atoms with Crippen LogP contribution in [0.15, 0.2) is 40.9 Å². The zero-order valence-electron chi connectivity index (χ0n) is 16.5. The van der Waals surface area contributed by atoms with E-state index in [9.17, 15) is 4.79 Å². The van der Waals surface area contributed by atoms with Gasteiger partial charge in [0, 0.05) is 36.6 Å². The molecular formula is C20H24N6O2. The molecule has 0 aliphatic heterocycles. The summed E-state index contributed by atoms with van der Waals surface area (Å²) in [4.78, 5) is 23.4. The first-order valence-electron chi connectivity index (χ1n) is 9.21. The van der Waals surface area contributed by atoms with Crippen molar-refractivity contribution in [3.8, 4) is 0 Å².